The standard InChI is InChI=1S/C15H16FN3O/c1-19(9-10-2-4-11(16)5-3-10)14-8-12(17)6-7-13(14)15(18)20/h2-8H,9,17H2,1H3,(H2,18,20). The number of hydrogen-bond donors (Lipinski definition) is 2. The SMILES string of the molecule is CN(Cc1ccc(F)cc1)c1cc(N)ccc1C(N)=O. The van der Waals surface area contributed by atoms with Crippen molar-refractivity contribution in [1.29, 1.82) is 0 Å². The number of primary amides is 1. The van der Waals surface area contributed by atoms with Gasteiger partial charge in [0.2, 0.25) is 0 Å². The topological polar surface area (TPSA) is 72.3 Å². The van der Waals surface area contributed by atoms with Crippen LogP contribution in [0.1, 0.15) is 15.9 Å². The fourth-order valence-corrected chi connectivity index (χ4v) is 2.02. The third-order valence-corrected chi connectivity index (χ3v) is 3.03. The smallest absolute Gasteiger partial charge is 0.250 e. The lowest BCUT2D eigenvalue weighted by Crippen LogP contribution is -2.22. The molecular weight excluding hydrogens is 257 g/mol. The van der Waals surface area contributed by atoms with E-state index in [4.69, 9.17) is 11.5 Å². The second-order valence-corrected chi connectivity index (χ2v) is 4.62. The van der Waals surface area contributed by atoms with Crippen molar-refractivity contribution in [3.63, 3.8) is 0 Å². The van der Waals surface area contributed by atoms with E-state index in [1.54, 1.807) is 30.3 Å². The highest BCUT2D eigenvalue weighted by molar-refractivity contribution is 5.99. The second-order valence-electron chi connectivity index (χ2n) is 4.62. The van der Waals surface area contributed by atoms with Gasteiger partial charge in [-0.3, -0.25) is 4.79 Å². The summed E-state index contributed by atoms with van der Waals surface area (Å²) in [7, 11) is 1.82. The number of carbonyl (C=O) groups excluding carboxylic acids is 1. The Morgan fingerprint density at radius 1 is 1.20 bits per heavy atom. The van der Waals surface area contributed by atoms with Crippen LogP contribution in [0.15, 0.2) is 42.5 Å². The van der Waals surface area contributed by atoms with Crippen molar-refractivity contribution in [1.82, 2.24) is 0 Å². The normalized spacial score (nSPS) is 10.3. The molecule has 0 radical (unpaired) electrons. The van der Waals surface area contributed by atoms with Gasteiger partial charge in [0.05, 0.1) is 11.3 Å². The van der Waals surface area contributed by atoms with Gasteiger partial charge in [0.25, 0.3) is 5.91 Å². The molecule has 5 heteroatoms. The molecule has 104 valence electrons. The second kappa shape index (κ2) is 5.61. The van der Waals surface area contributed by atoms with Crippen molar-refractivity contribution >= 4 is 17.3 Å². The average Bonchev–Trinajstić information content (AvgIpc) is 2.41. The molecule has 2 rings (SSSR count). The van der Waals surface area contributed by atoms with Crippen LogP contribution >= 0.6 is 0 Å². The Labute approximate surface area is 116 Å². The number of rotatable bonds is 4. The summed E-state index contributed by atoms with van der Waals surface area (Å²) in [5.74, 6) is -0.788. The zero-order valence-corrected chi connectivity index (χ0v) is 11.1. The van der Waals surface area contributed by atoms with E-state index < -0.39 is 5.91 Å². The summed E-state index contributed by atoms with van der Waals surface area (Å²) in [6.07, 6.45) is 0. The summed E-state index contributed by atoms with van der Waals surface area (Å²) < 4.78 is 12.9. The minimum Gasteiger partial charge on any atom is -0.399 e. The summed E-state index contributed by atoms with van der Waals surface area (Å²) in [6, 6.07) is 11.1. The van der Waals surface area contributed by atoms with Gasteiger partial charge < -0.3 is 16.4 Å². The largest absolute Gasteiger partial charge is 0.399 e. The average molecular weight is 273 g/mol. The van der Waals surface area contributed by atoms with Crippen LogP contribution in [0.3, 0.4) is 0 Å². The van der Waals surface area contributed by atoms with E-state index >= 15 is 0 Å². The number of halogens is 1. The summed E-state index contributed by atoms with van der Waals surface area (Å²) in [6.45, 7) is 0.518. The lowest BCUT2D eigenvalue weighted by atomic mass is 10.1. The number of hydrogen-bond acceptors (Lipinski definition) is 3. The molecule has 4 nitrogen and oxygen atoms in total. The highest BCUT2D eigenvalue weighted by Crippen LogP contribution is 2.24. The number of carbonyl (C=O) groups is 1. The maximum atomic E-state index is 12.9. The molecule has 0 fully saturated rings. The lowest BCUT2D eigenvalue weighted by molar-refractivity contribution is 0.100. The maximum absolute atomic E-state index is 12.9. The Morgan fingerprint density at radius 3 is 2.45 bits per heavy atom. The van der Waals surface area contributed by atoms with Crippen LogP contribution in [0.4, 0.5) is 15.8 Å². The molecule has 0 saturated heterocycles. The van der Waals surface area contributed by atoms with E-state index in [0.717, 1.165) is 5.56 Å². The van der Waals surface area contributed by atoms with Gasteiger partial charge in [-0.05, 0) is 35.9 Å². The van der Waals surface area contributed by atoms with Crippen molar-refractivity contribution in [2.45, 2.75) is 6.54 Å². The molecule has 2 aromatic rings. The van der Waals surface area contributed by atoms with Gasteiger partial charge >= 0.3 is 0 Å². The van der Waals surface area contributed by atoms with E-state index in [-0.39, 0.29) is 5.82 Å². The van der Waals surface area contributed by atoms with Crippen LogP contribution in [-0.2, 0) is 6.54 Å². The van der Waals surface area contributed by atoms with Crippen LogP contribution in [0.25, 0.3) is 0 Å². The zero-order chi connectivity index (χ0) is 14.7. The third-order valence-electron chi connectivity index (χ3n) is 3.03. The Morgan fingerprint density at radius 2 is 1.85 bits per heavy atom. The first kappa shape index (κ1) is 13.9. The highest BCUT2D eigenvalue weighted by Gasteiger charge is 2.12. The van der Waals surface area contributed by atoms with Gasteiger partial charge in [-0.2, -0.15) is 0 Å². The molecule has 0 heterocycles. The molecule has 0 saturated carbocycles. The van der Waals surface area contributed by atoms with Crippen LogP contribution < -0.4 is 16.4 Å². The summed E-state index contributed by atoms with van der Waals surface area (Å²) in [5.41, 5.74) is 13.6. The molecule has 20 heavy (non-hydrogen) atoms. The first-order valence-corrected chi connectivity index (χ1v) is 6.12. The van der Waals surface area contributed by atoms with E-state index in [0.29, 0.717) is 23.5 Å². The van der Waals surface area contributed by atoms with E-state index in [1.807, 2.05) is 11.9 Å². The molecule has 0 aliphatic heterocycles. The van der Waals surface area contributed by atoms with Crippen molar-refractivity contribution in [3.05, 3.63) is 59.4 Å². The molecule has 0 aromatic heterocycles. The third kappa shape index (κ3) is 3.06. The monoisotopic (exact) mass is 273 g/mol. The van der Waals surface area contributed by atoms with E-state index in [9.17, 15) is 9.18 Å². The number of anilines is 2. The summed E-state index contributed by atoms with van der Waals surface area (Å²) in [5, 5.41) is 0. The fourth-order valence-electron chi connectivity index (χ4n) is 2.02. The Hall–Kier alpha value is -2.56. The van der Waals surface area contributed by atoms with E-state index in [2.05, 4.69) is 0 Å². The molecule has 0 aliphatic carbocycles. The number of nitrogen functional groups attached to an aromatic ring is 1. The van der Waals surface area contributed by atoms with Gasteiger partial charge in [0.1, 0.15) is 5.82 Å². The van der Waals surface area contributed by atoms with Crippen molar-refractivity contribution in [2.75, 3.05) is 17.7 Å². The Bertz CT molecular complexity index is 626. The van der Waals surface area contributed by atoms with Gasteiger partial charge in [0.15, 0.2) is 0 Å². The van der Waals surface area contributed by atoms with E-state index in [1.165, 1.54) is 12.1 Å². The first-order chi connectivity index (χ1) is 9.47. The molecule has 2 aromatic carbocycles. The minimum atomic E-state index is -0.508. The quantitative estimate of drug-likeness (QED) is 0.838. The van der Waals surface area contributed by atoms with Crippen LogP contribution in [0.2, 0.25) is 0 Å². The molecule has 0 bridgehead atoms. The van der Waals surface area contributed by atoms with Crippen LogP contribution in [0.5, 0.6) is 0 Å². The van der Waals surface area contributed by atoms with Crippen LogP contribution in [0, 0.1) is 5.82 Å². The number of benzene rings is 2. The number of nitrogens with zero attached hydrogens (tertiary/aromatic N) is 1. The van der Waals surface area contributed by atoms with Crippen molar-refractivity contribution < 1.29 is 9.18 Å². The summed E-state index contributed by atoms with van der Waals surface area (Å²) in [4.78, 5) is 13.3. The maximum Gasteiger partial charge on any atom is 0.250 e. The first-order valence-electron chi connectivity index (χ1n) is 6.12. The Kier molecular flexibility index (Phi) is 3.89. The molecule has 4 N–H and O–H groups in total. The lowest BCUT2D eigenvalue weighted by Gasteiger charge is -2.22. The molecular formula is C15H16FN3O. The van der Waals surface area contributed by atoms with Crippen molar-refractivity contribution in [3.8, 4) is 0 Å². The van der Waals surface area contributed by atoms with Crippen molar-refractivity contribution in [2.24, 2.45) is 5.73 Å². The van der Waals surface area contributed by atoms with Gasteiger partial charge in [0, 0.05) is 19.3 Å². The predicted octanol–water partition coefficient (Wildman–Crippen LogP) is 2.14. The minimum absolute atomic E-state index is 0.279. The number of nitrogens with two attached hydrogens (primary N) is 2. The Balaban J connectivity index is 2.28. The zero-order valence-electron chi connectivity index (χ0n) is 11.1. The van der Waals surface area contributed by atoms with Gasteiger partial charge in [-0.1, -0.05) is 12.1 Å². The van der Waals surface area contributed by atoms with Gasteiger partial charge in [-0.15, -0.1) is 0 Å². The highest BCUT2D eigenvalue weighted by atomic mass is 19.1. The summed E-state index contributed by atoms with van der Waals surface area (Å²) >= 11 is 0. The molecule has 0 unspecified atom stereocenters. The fraction of sp³-hybridized carbons (Fsp3) is 0.133. The van der Waals surface area contributed by atoms with Gasteiger partial charge in [-0.25, -0.2) is 4.39 Å². The molecule has 0 atom stereocenters. The molecule has 0 spiro atoms. The molecule has 1 amide bonds. The number of amides is 1. The molecule has 0 aliphatic rings. The van der Waals surface area contributed by atoms with Crippen LogP contribution in [-0.4, -0.2) is 13.0 Å². The predicted molar refractivity (Wildman–Crippen MR) is 77.9 cm³/mol.